The number of ether oxygens (including phenoxy) is 2. The van der Waals surface area contributed by atoms with Gasteiger partial charge in [0.1, 0.15) is 5.56 Å². The van der Waals surface area contributed by atoms with Crippen molar-refractivity contribution >= 4 is 17.4 Å². The Balaban J connectivity index is 1.26. The van der Waals surface area contributed by atoms with Crippen molar-refractivity contribution in [3.63, 3.8) is 0 Å². The van der Waals surface area contributed by atoms with Gasteiger partial charge in [0.2, 0.25) is 5.91 Å². The topological polar surface area (TPSA) is 113 Å². The number of hydrogen-bond donors (Lipinski definition) is 2. The number of anilines is 2. The number of nitrogens with one attached hydrogen (secondary N) is 2. The number of pyridine rings is 1. The van der Waals surface area contributed by atoms with Crippen LogP contribution in [0.15, 0.2) is 23.3 Å². The molecular formula is C26H35F3N6O4. The highest BCUT2D eigenvalue weighted by Gasteiger charge is 2.38. The third kappa shape index (κ3) is 6.81. The number of aromatic amines is 1. The van der Waals surface area contributed by atoms with Gasteiger partial charge in [0.05, 0.1) is 44.2 Å². The van der Waals surface area contributed by atoms with Gasteiger partial charge < -0.3 is 24.6 Å². The average Bonchev–Trinajstić information content (AvgIpc) is 3.03. The van der Waals surface area contributed by atoms with Crippen LogP contribution in [0, 0.1) is 0 Å². The molecule has 0 aromatic carbocycles. The number of hydrogen-bond acceptors (Lipinski definition) is 8. The van der Waals surface area contributed by atoms with E-state index in [0.29, 0.717) is 26.2 Å². The minimum absolute atomic E-state index is 0.0396. The van der Waals surface area contributed by atoms with Crippen molar-refractivity contribution in [1.29, 1.82) is 0 Å². The number of halogens is 3. The lowest BCUT2D eigenvalue weighted by Crippen LogP contribution is -2.55. The van der Waals surface area contributed by atoms with E-state index in [1.54, 1.807) is 12.0 Å². The summed E-state index contributed by atoms with van der Waals surface area (Å²) >= 11 is 0. The van der Waals surface area contributed by atoms with Gasteiger partial charge in [0, 0.05) is 38.3 Å². The van der Waals surface area contributed by atoms with Crippen molar-refractivity contribution in [3.8, 4) is 5.75 Å². The molecule has 10 nitrogen and oxygen atoms in total. The van der Waals surface area contributed by atoms with Crippen LogP contribution < -0.4 is 20.5 Å². The summed E-state index contributed by atoms with van der Waals surface area (Å²) < 4.78 is 51.2. The first-order valence-corrected chi connectivity index (χ1v) is 13.0. The number of rotatable bonds is 7. The number of carbonyl (C=O) groups is 1. The van der Waals surface area contributed by atoms with Crippen LogP contribution >= 0.6 is 0 Å². The molecule has 2 aliphatic heterocycles. The molecule has 2 N–H and O–H groups in total. The van der Waals surface area contributed by atoms with Crippen molar-refractivity contribution < 1.29 is 27.4 Å². The molecule has 0 radical (unpaired) electrons. The smallest absolute Gasteiger partial charge is 0.423 e. The van der Waals surface area contributed by atoms with Gasteiger partial charge in [0.15, 0.2) is 11.6 Å². The lowest BCUT2D eigenvalue weighted by atomic mass is 9.88. The molecule has 0 bridgehead atoms. The maximum atomic E-state index is 13.2. The van der Waals surface area contributed by atoms with E-state index < -0.39 is 29.0 Å². The molecule has 4 heterocycles. The molecule has 0 aliphatic carbocycles. The minimum Gasteiger partial charge on any atom is -0.490 e. The van der Waals surface area contributed by atoms with Crippen LogP contribution in [-0.2, 0) is 21.1 Å². The molecule has 13 heteroatoms. The molecule has 0 unspecified atom stereocenters. The summed E-state index contributed by atoms with van der Waals surface area (Å²) in [6.45, 7) is 10.5. The van der Waals surface area contributed by atoms with Gasteiger partial charge in [-0.3, -0.25) is 9.59 Å². The molecule has 2 aliphatic rings. The second-order valence-corrected chi connectivity index (χ2v) is 11.0. The Labute approximate surface area is 224 Å². The van der Waals surface area contributed by atoms with Crippen molar-refractivity contribution in [3.05, 3.63) is 39.9 Å². The average molecular weight is 553 g/mol. The van der Waals surface area contributed by atoms with E-state index in [-0.39, 0.29) is 37.0 Å². The summed E-state index contributed by atoms with van der Waals surface area (Å²) in [5, 5.41) is 7.85. The molecule has 2 atom stereocenters. The monoisotopic (exact) mass is 552 g/mol. The zero-order chi connectivity index (χ0) is 28.4. The number of carbonyl (C=O) groups excluding carboxylic acids is 1. The van der Waals surface area contributed by atoms with Crippen molar-refractivity contribution in [2.45, 2.75) is 64.2 Å². The zero-order valence-corrected chi connectivity index (χ0v) is 22.6. The van der Waals surface area contributed by atoms with E-state index in [0.717, 1.165) is 29.7 Å². The first-order valence-electron chi connectivity index (χ1n) is 13.0. The molecule has 0 saturated carbocycles. The highest BCUT2D eigenvalue weighted by Crippen LogP contribution is 2.36. The summed E-state index contributed by atoms with van der Waals surface area (Å²) in [7, 11) is 0. The summed E-state index contributed by atoms with van der Waals surface area (Å²) in [5.74, 6) is 1.54. The van der Waals surface area contributed by atoms with Crippen LogP contribution in [0.3, 0.4) is 0 Å². The van der Waals surface area contributed by atoms with Gasteiger partial charge in [-0.2, -0.15) is 18.3 Å². The number of amides is 1. The van der Waals surface area contributed by atoms with Gasteiger partial charge in [-0.15, -0.1) is 0 Å². The Kier molecular flexibility index (Phi) is 8.38. The fourth-order valence-electron chi connectivity index (χ4n) is 4.76. The molecule has 1 fully saturated rings. The van der Waals surface area contributed by atoms with Crippen LogP contribution in [-0.4, -0.2) is 77.5 Å². The second-order valence-electron chi connectivity index (χ2n) is 11.0. The summed E-state index contributed by atoms with van der Waals surface area (Å²) in [6.07, 6.45) is -1.10. The summed E-state index contributed by atoms with van der Waals surface area (Å²) in [6, 6.07) is 1.60. The van der Waals surface area contributed by atoms with Crippen LogP contribution in [0.25, 0.3) is 0 Å². The molecule has 2 aromatic heterocycles. The van der Waals surface area contributed by atoms with Gasteiger partial charge in [-0.1, -0.05) is 20.8 Å². The summed E-state index contributed by atoms with van der Waals surface area (Å²) in [4.78, 5) is 33.2. The molecule has 1 amide bonds. The normalized spacial score (nSPS) is 18.5. The van der Waals surface area contributed by atoms with E-state index in [2.05, 4.69) is 42.2 Å². The molecule has 1 saturated heterocycles. The number of alkyl halides is 3. The maximum Gasteiger partial charge on any atom is 0.423 e. The second kappa shape index (κ2) is 11.4. The molecular weight excluding hydrogens is 517 g/mol. The van der Waals surface area contributed by atoms with Crippen LogP contribution in [0.2, 0.25) is 0 Å². The number of fused-ring (bicyclic) bond motifs is 3. The molecule has 4 rings (SSSR count). The fraction of sp³-hybridized carbons (Fsp3) is 0.615. The highest BCUT2D eigenvalue weighted by atomic mass is 19.4. The first kappa shape index (κ1) is 28.7. The molecule has 39 heavy (non-hydrogen) atoms. The number of H-pyrrole nitrogens is 1. The predicted octanol–water partition coefficient (Wildman–Crippen LogP) is 3.19. The van der Waals surface area contributed by atoms with Crippen LogP contribution in [0.4, 0.5) is 24.7 Å². The third-order valence-corrected chi connectivity index (χ3v) is 6.88. The lowest BCUT2D eigenvalue weighted by molar-refractivity contribution is -0.138. The van der Waals surface area contributed by atoms with Gasteiger partial charge in [-0.25, -0.2) is 10.1 Å². The third-order valence-electron chi connectivity index (χ3n) is 6.88. The molecule has 0 spiro atoms. The Morgan fingerprint density at radius 3 is 2.77 bits per heavy atom. The summed E-state index contributed by atoms with van der Waals surface area (Å²) in [5.41, 5.74) is -2.01. The van der Waals surface area contributed by atoms with Crippen molar-refractivity contribution in [1.82, 2.24) is 20.1 Å². The van der Waals surface area contributed by atoms with Crippen molar-refractivity contribution in [2.75, 3.05) is 49.7 Å². The fourth-order valence-corrected chi connectivity index (χ4v) is 4.76. The number of aromatic nitrogens is 3. The minimum atomic E-state index is -4.83. The Morgan fingerprint density at radius 1 is 1.28 bits per heavy atom. The highest BCUT2D eigenvalue weighted by molar-refractivity contribution is 5.76. The van der Waals surface area contributed by atoms with Crippen molar-refractivity contribution in [2.24, 2.45) is 0 Å². The maximum absolute atomic E-state index is 13.2. The number of piperazine rings is 1. The van der Waals surface area contributed by atoms with Crippen LogP contribution in [0.5, 0.6) is 5.75 Å². The van der Waals surface area contributed by atoms with Gasteiger partial charge >= 0.3 is 6.18 Å². The first-order chi connectivity index (χ1) is 18.3. The predicted molar refractivity (Wildman–Crippen MR) is 139 cm³/mol. The lowest BCUT2D eigenvalue weighted by Gasteiger charge is -2.41. The van der Waals surface area contributed by atoms with Crippen LogP contribution in [0.1, 0.15) is 51.7 Å². The standard InChI is InChI=1S/C26H35F3N6O4/c1-16(32-19-13-31-33-24(37)22(19)26(27,28)29)15-38-9-6-21(36)34-7-8-35-18(14-34)5-10-39-20-11-17(25(2,3)4)12-30-23(20)35/h11-13,16,18H,5-10,14-15H2,1-4H3,(H2,32,33,37)/t16-,18-/m0/s1. The largest absolute Gasteiger partial charge is 0.490 e. The van der Waals surface area contributed by atoms with E-state index >= 15 is 0 Å². The zero-order valence-electron chi connectivity index (χ0n) is 22.6. The molecule has 2 aromatic rings. The van der Waals surface area contributed by atoms with Gasteiger partial charge in [-0.05, 0) is 24.0 Å². The van der Waals surface area contributed by atoms with E-state index in [1.807, 2.05) is 11.1 Å². The van der Waals surface area contributed by atoms with E-state index in [4.69, 9.17) is 14.5 Å². The van der Waals surface area contributed by atoms with E-state index in [1.165, 1.54) is 0 Å². The number of nitrogens with zero attached hydrogens (tertiary/aromatic N) is 4. The van der Waals surface area contributed by atoms with E-state index in [9.17, 15) is 22.8 Å². The Bertz CT molecular complexity index is 1230. The van der Waals surface area contributed by atoms with Gasteiger partial charge in [0.25, 0.3) is 5.56 Å². The SMILES string of the molecule is C[C@@H](COCCC(=O)N1CCN2c3ncc(C(C)(C)C)cc3OCC[C@H]2C1)Nc1cn[nH]c(=O)c1C(F)(F)F. The quantitative estimate of drug-likeness (QED) is 0.504. The molecule has 214 valence electrons. The Hall–Kier alpha value is -3.35. The Morgan fingerprint density at radius 2 is 2.05 bits per heavy atom.